The molecule has 0 bridgehead atoms. The molecule has 1 amide bonds. The maximum atomic E-state index is 14.0. The average molecular weight is 469 g/mol. The summed E-state index contributed by atoms with van der Waals surface area (Å²) < 4.78 is 0. The third kappa shape index (κ3) is 3.57. The quantitative estimate of drug-likeness (QED) is 0.342. The van der Waals surface area contributed by atoms with Crippen molar-refractivity contribution in [2.24, 2.45) is 0 Å². The van der Waals surface area contributed by atoms with E-state index in [0.29, 0.717) is 24.6 Å². The molecule has 2 fully saturated rings. The van der Waals surface area contributed by atoms with Gasteiger partial charge < -0.3 is 9.88 Å². The van der Waals surface area contributed by atoms with Crippen LogP contribution >= 0.6 is 11.3 Å². The number of imidazole rings is 1. The molecule has 1 unspecified atom stereocenters. The molecule has 5 nitrogen and oxygen atoms in total. The van der Waals surface area contributed by atoms with Gasteiger partial charge in [-0.05, 0) is 62.8 Å². The summed E-state index contributed by atoms with van der Waals surface area (Å²) in [5.74, 6) is 1.29. The molecule has 34 heavy (non-hydrogen) atoms. The van der Waals surface area contributed by atoms with E-state index in [1.165, 1.54) is 16.7 Å². The van der Waals surface area contributed by atoms with Gasteiger partial charge in [0.05, 0.1) is 27.0 Å². The number of amides is 1. The molecule has 1 saturated heterocycles. The number of nitrogens with one attached hydrogen (secondary N) is 1. The second kappa shape index (κ2) is 7.91. The molecule has 1 N–H and O–H groups in total. The van der Waals surface area contributed by atoms with Gasteiger partial charge in [-0.25, -0.2) is 9.97 Å². The van der Waals surface area contributed by atoms with E-state index in [-0.39, 0.29) is 11.9 Å². The predicted octanol–water partition coefficient (Wildman–Crippen LogP) is 6.63. The fraction of sp³-hybridized carbons (Fsp3) is 0.321. The topological polar surface area (TPSA) is 61.9 Å². The highest BCUT2D eigenvalue weighted by Gasteiger charge is 2.38. The lowest BCUT2D eigenvalue weighted by Gasteiger charge is -2.22. The highest BCUT2D eigenvalue weighted by molar-refractivity contribution is 7.15. The molecular weight excluding hydrogens is 440 g/mol. The third-order valence-electron chi connectivity index (χ3n) is 7.08. The molecule has 2 aromatic carbocycles. The fourth-order valence-electron chi connectivity index (χ4n) is 4.85. The summed E-state index contributed by atoms with van der Waals surface area (Å²) in [6.07, 6.45) is 3.04. The van der Waals surface area contributed by atoms with Crippen molar-refractivity contribution in [2.75, 3.05) is 6.54 Å². The summed E-state index contributed by atoms with van der Waals surface area (Å²) in [6.45, 7) is 11.0. The van der Waals surface area contributed by atoms with Gasteiger partial charge in [0.1, 0.15) is 11.5 Å². The van der Waals surface area contributed by atoms with Crippen molar-refractivity contribution in [2.45, 2.75) is 52.0 Å². The van der Waals surface area contributed by atoms with E-state index < -0.39 is 0 Å². The van der Waals surface area contributed by atoms with Crippen molar-refractivity contribution >= 4 is 28.3 Å². The first-order valence-corrected chi connectivity index (χ1v) is 12.7. The Labute approximate surface area is 203 Å². The number of hydrogen-bond acceptors (Lipinski definition) is 4. The van der Waals surface area contributed by atoms with E-state index in [4.69, 9.17) is 9.97 Å². The molecule has 0 spiro atoms. The number of thiazole rings is 1. The van der Waals surface area contributed by atoms with Crippen molar-refractivity contribution in [3.05, 3.63) is 81.8 Å². The van der Waals surface area contributed by atoms with Gasteiger partial charge in [-0.1, -0.05) is 48.0 Å². The lowest BCUT2D eigenvalue weighted by molar-refractivity contribution is 0.0728. The van der Waals surface area contributed by atoms with Crippen LogP contribution in [0.1, 0.15) is 69.2 Å². The summed E-state index contributed by atoms with van der Waals surface area (Å²) in [7, 11) is 0. The van der Waals surface area contributed by atoms with Gasteiger partial charge in [0.15, 0.2) is 0 Å². The number of rotatable bonds is 4. The zero-order valence-corrected chi connectivity index (χ0v) is 20.6. The molecular formula is C28H28N4OS. The number of aromatic amines is 1. The SMILES string of the molecule is C=C1CC(c2nc3c(C)c(C)ccc3[nH]2)N(C(=O)c2nc(C3CC3)sc2-c2cccc(C)c2)C1. The van der Waals surface area contributed by atoms with Crippen molar-refractivity contribution in [3.8, 4) is 10.4 Å². The van der Waals surface area contributed by atoms with Gasteiger partial charge in [0.25, 0.3) is 5.91 Å². The van der Waals surface area contributed by atoms with E-state index in [9.17, 15) is 4.79 Å². The standard InChI is InChI=1S/C28H28N4OS/c1-15-6-5-7-20(12-15)25-24(31-27(34-25)19-9-10-19)28(33)32-14-16(2)13-22(32)26-29-21-11-8-17(3)18(4)23(21)30-26/h5-8,11-12,19,22H,2,9-10,13-14H2,1,3-4H3,(H,29,30). The van der Waals surface area contributed by atoms with Crippen LogP contribution < -0.4 is 0 Å². The van der Waals surface area contributed by atoms with Crippen molar-refractivity contribution in [3.63, 3.8) is 0 Å². The molecule has 1 aliphatic carbocycles. The van der Waals surface area contributed by atoms with Gasteiger partial charge in [0, 0.05) is 12.5 Å². The largest absolute Gasteiger partial charge is 0.340 e. The van der Waals surface area contributed by atoms with E-state index in [1.54, 1.807) is 11.3 Å². The molecule has 4 aromatic rings. The van der Waals surface area contributed by atoms with Crippen LogP contribution in [0, 0.1) is 20.8 Å². The Hall–Kier alpha value is -3.25. The van der Waals surface area contributed by atoms with Crippen LogP contribution in [0.3, 0.4) is 0 Å². The minimum Gasteiger partial charge on any atom is -0.340 e. The number of aromatic nitrogens is 3. The van der Waals surface area contributed by atoms with Crippen molar-refractivity contribution < 1.29 is 4.79 Å². The molecule has 172 valence electrons. The molecule has 6 heteroatoms. The monoisotopic (exact) mass is 468 g/mol. The number of carbonyl (C=O) groups excluding carboxylic acids is 1. The molecule has 3 heterocycles. The minimum absolute atomic E-state index is 0.0309. The molecule has 1 atom stereocenters. The van der Waals surface area contributed by atoms with Crippen LogP contribution in [-0.4, -0.2) is 32.3 Å². The van der Waals surface area contributed by atoms with Gasteiger partial charge in [-0.2, -0.15) is 0 Å². The highest BCUT2D eigenvalue weighted by atomic mass is 32.1. The highest BCUT2D eigenvalue weighted by Crippen LogP contribution is 2.46. The zero-order chi connectivity index (χ0) is 23.6. The predicted molar refractivity (Wildman–Crippen MR) is 137 cm³/mol. The average Bonchev–Trinajstić information content (AvgIpc) is 3.25. The maximum Gasteiger partial charge on any atom is 0.274 e. The molecule has 1 saturated carbocycles. The Morgan fingerprint density at radius 3 is 2.74 bits per heavy atom. The Balaban J connectivity index is 1.41. The van der Waals surface area contributed by atoms with Gasteiger partial charge >= 0.3 is 0 Å². The number of aryl methyl sites for hydroxylation is 3. The van der Waals surface area contributed by atoms with E-state index >= 15 is 0 Å². The molecule has 2 aliphatic rings. The van der Waals surface area contributed by atoms with Crippen LogP contribution in [0.5, 0.6) is 0 Å². The van der Waals surface area contributed by atoms with Gasteiger partial charge in [0.2, 0.25) is 0 Å². The first-order valence-electron chi connectivity index (χ1n) is 11.9. The van der Waals surface area contributed by atoms with Crippen LogP contribution in [0.4, 0.5) is 0 Å². The second-order valence-electron chi connectivity index (χ2n) is 9.80. The number of nitrogens with zero attached hydrogens (tertiary/aromatic N) is 3. The third-order valence-corrected chi connectivity index (χ3v) is 8.35. The van der Waals surface area contributed by atoms with Crippen LogP contribution in [0.15, 0.2) is 48.6 Å². The number of fused-ring (bicyclic) bond motifs is 1. The summed E-state index contributed by atoms with van der Waals surface area (Å²) in [5, 5.41) is 1.09. The molecule has 2 aromatic heterocycles. The molecule has 0 radical (unpaired) electrons. The van der Waals surface area contributed by atoms with E-state index in [0.717, 1.165) is 50.7 Å². The number of likely N-dealkylation sites (tertiary alicyclic amines) is 1. The van der Waals surface area contributed by atoms with Gasteiger partial charge in [-0.15, -0.1) is 11.3 Å². The Morgan fingerprint density at radius 1 is 1.15 bits per heavy atom. The summed E-state index contributed by atoms with van der Waals surface area (Å²) in [4.78, 5) is 30.3. The zero-order valence-electron chi connectivity index (χ0n) is 19.8. The smallest absolute Gasteiger partial charge is 0.274 e. The van der Waals surface area contributed by atoms with Crippen molar-refractivity contribution in [1.82, 2.24) is 19.9 Å². The molecule has 1 aliphatic heterocycles. The Bertz CT molecular complexity index is 1460. The second-order valence-corrected chi connectivity index (χ2v) is 10.8. The molecule has 6 rings (SSSR count). The minimum atomic E-state index is -0.163. The van der Waals surface area contributed by atoms with E-state index in [1.807, 2.05) is 4.90 Å². The van der Waals surface area contributed by atoms with Crippen LogP contribution in [0.2, 0.25) is 0 Å². The number of H-pyrrole nitrogens is 1. The van der Waals surface area contributed by atoms with E-state index in [2.05, 4.69) is 68.7 Å². The lowest BCUT2D eigenvalue weighted by Crippen LogP contribution is -2.31. The summed E-state index contributed by atoms with van der Waals surface area (Å²) >= 11 is 1.68. The number of benzene rings is 2. The fourth-order valence-corrected chi connectivity index (χ4v) is 6.07. The first kappa shape index (κ1) is 21.3. The number of hydrogen-bond donors (Lipinski definition) is 1. The van der Waals surface area contributed by atoms with Crippen LogP contribution in [-0.2, 0) is 0 Å². The first-order chi connectivity index (χ1) is 16.4. The number of carbonyl (C=O) groups is 1. The van der Waals surface area contributed by atoms with Gasteiger partial charge in [-0.3, -0.25) is 4.79 Å². The Morgan fingerprint density at radius 2 is 1.97 bits per heavy atom. The summed E-state index contributed by atoms with van der Waals surface area (Å²) in [6, 6.07) is 12.4. The summed E-state index contributed by atoms with van der Waals surface area (Å²) in [5.41, 5.74) is 8.23. The lowest BCUT2D eigenvalue weighted by atomic mass is 10.1. The Kier molecular flexibility index (Phi) is 4.96. The van der Waals surface area contributed by atoms with Crippen LogP contribution in [0.25, 0.3) is 21.5 Å². The normalized spacial score (nSPS) is 18.3. The maximum absolute atomic E-state index is 14.0. The van der Waals surface area contributed by atoms with Crippen molar-refractivity contribution in [1.29, 1.82) is 0 Å².